The predicted octanol–water partition coefficient (Wildman–Crippen LogP) is 1.75. The molecule has 0 saturated heterocycles. The van der Waals surface area contributed by atoms with Crippen LogP contribution in [-0.2, 0) is 0 Å². The standard InChI is InChI=1S/C11H8N4/c12-5-1-2-8-9(13)3-4-10-11(8)15-7-6-14-10/h1-4,6-7H,13H2. The summed E-state index contributed by atoms with van der Waals surface area (Å²) in [6.45, 7) is 0. The maximum absolute atomic E-state index is 8.48. The molecule has 0 fully saturated rings. The molecule has 72 valence electrons. The molecule has 0 aliphatic carbocycles. The van der Waals surface area contributed by atoms with E-state index < -0.39 is 0 Å². The zero-order valence-electron chi connectivity index (χ0n) is 7.88. The summed E-state index contributed by atoms with van der Waals surface area (Å²) in [5, 5.41) is 8.48. The van der Waals surface area contributed by atoms with Gasteiger partial charge in [0, 0.05) is 29.7 Å². The molecule has 0 saturated carbocycles. The molecule has 0 bridgehead atoms. The van der Waals surface area contributed by atoms with E-state index in [-0.39, 0.29) is 0 Å². The van der Waals surface area contributed by atoms with Gasteiger partial charge in [0.1, 0.15) is 0 Å². The molecule has 1 aromatic carbocycles. The Labute approximate surface area is 86.7 Å². The van der Waals surface area contributed by atoms with Crippen LogP contribution in [0.4, 0.5) is 5.69 Å². The van der Waals surface area contributed by atoms with Gasteiger partial charge in [-0.25, -0.2) is 0 Å². The maximum Gasteiger partial charge on any atom is 0.0979 e. The number of nitrogens with zero attached hydrogens (tertiary/aromatic N) is 3. The quantitative estimate of drug-likeness (QED) is 0.556. The highest BCUT2D eigenvalue weighted by Crippen LogP contribution is 2.21. The monoisotopic (exact) mass is 196 g/mol. The first kappa shape index (κ1) is 9.16. The number of aromatic nitrogens is 2. The minimum absolute atomic E-state index is 0.592. The zero-order chi connectivity index (χ0) is 10.7. The van der Waals surface area contributed by atoms with E-state index in [1.807, 2.05) is 6.07 Å². The fourth-order valence-corrected chi connectivity index (χ4v) is 1.37. The topological polar surface area (TPSA) is 75.6 Å². The summed E-state index contributed by atoms with van der Waals surface area (Å²) >= 11 is 0. The molecule has 0 unspecified atom stereocenters. The Hall–Kier alpha value is -2.41. The summed E-state index contributed by atoms with van der Waals surface area (Å²) in [5.74, 6) is 0. The van der Waals surface area contributed by atoms with Crippen molar-refractivity contribution in [3.05, 3.63) is 36.2 Å². The summed E-state index contributed by atoms with van der Waals surface area (Å²) in [6, 6.07) is 5.49. The van der Waals surface area contributed by atoms with Gasteiger partial charge in [0.15, 0.2) is 0 Å². The van der Waals surface area contributed by atoms with Crippen molar-refractivity contribution in [1.82, 2.24) is 9.97 Å². The van der Waals surface area contributed by atoms with Crippen molar-refractivity contribution in [2.75, 3.05) is 5.73 Å². The van der Waals surface area contributed by atoms with Crippen molar-refractivity contribution in [3.63, 3.8) is 0 Å². The second kappa shape index (κ2) is 3.76. The molecule has 4 nitrogen and oxygen atoms in total. The molecule has 0 radical (unpaired) electrons. The van der Waals surface area contributed by atoms with Crippen molar-refractivity contribution < 1.29 is 0 Å². The number of allylic oxidation sites excluding steroid dienone is 1. The van der Waals surface area contributed by atoms with Crippen molar-refractivity contribution in [3.8, 4) is 6.07 Å². The van der Waals surface area contributed by atoms with Gasteiger partial charge in [0.05, 0.1) is 17.1 Å². The molecular formula is C11H8N4. The highest BCUT2D eigenvalue weighted by molar-refractivity contribution is 5.90. The van der Waals surface area contributed by atoms with Crippen LogP contribution in [0.15, 0.2) is 30.6 Å². The van der Waals surface area contributed by atoms with Gasteiger partial charge in [-0.15, -0.1) is 0 Å². The Morgan fingerprint density at radius 3 is 2.87 bits per heavy atom. The molecule has 2 aromatic rings. The SMILES string of the molecule is N#CC=Cc1c(N)ccc2nccnc12. The minimum atomic E-state index is 0.592. The highest BCUT2D eigenvalue weighted by Gasteiger charge is 2.03. The number of fused-ring (bicyclic) bond motifs is 1. The molecule has 15 heavy (non-hydrogen) atoms. The second-order valence-corrected chi connectivity index (χ2v) is 2.95. The smallest absolute Gasteiger partial charge is 0.0979 e. The number of nitriles is 1. The summed E-state index contributed by atoms with van der Waals surface area (Å²) < 4.78 is 0. The number of anilines is 1. The zero-order valence-corrected chi connectivity index (χ0v) is 7.88. The Bertz CT molecular complexity index is 566. The number of hydrogen-bond donors (Lipinski definition) is 1. The average Bonchev–Trinajstić information content (AvgIpc) is 2.28. The first-order chi connectivity index (χ1) is 7.33. The van der Waals surface area contributed by atoms with E-state index >= 15 is 0 Å². The maximum atomic E-state index is 8.48. The third-order valence-corrected chi connectivity index (χ3v) is 2.04. The number of rotatable bonds is 1. The van der Waals surface area contributed by atoms with Crippen LogP contribution in [0.3, 0.4) is 0 Å². The minimum Gasteiger partial charge on any atom is -0.398 e. The fourth-order valence-electron chi connectivity index (χ4n) is 1.37. The van der Waals surface area contributed by atoms with Crippen LogP contribution >= 0.6 is 0 Å². The predicted molar refractivity (Wildman–Crippen MR) is 58.6 cm³/mol. The van der Waals surface area contributed by atoms with Crippen molar-refractivity contribution in [2.24, 2.45) is 0 Å². The molecule has 2 rings (SSSR count). The molecular weight excluding hydrogens is 188 g/mol. The lowest BCUT2D eigenvalue weighted by Gasteiger charge is -2.03. The van der Waals surface area contributed by atoms with E-state index in [9.17, 15) is 0 Å². The highest BCUT2D eigenvalue weighted by atomic mass is 14.8. The summed E-state index contributed by atoms with van der Waals surface area (Å²) in [6.07, 6.45) is 6.24. The van der Waals surface area contributed by atoms with Gasteiger partial charge in [-0.05, 0) is 18.2 Å². The van der Waals surface area contributed by atoms with Crippen LogP contribution < -0.4 is 5.73 Å². The number of hydrogen-bond acceptors (Lipinski definition) is 4. The Balaban J connectivity index is 2.75. The van der Waals surface area contributed by atoms with E-state index in [0.717, 1.165) is 11.1 Å². The van der Waals surface area contributed by atoms with E-state index in [1.165, 1.54) is 6.08 Å². The molecule has 1 aromatic heterocycles. The van der Waals surface area contributed by atoms with Crippen LogP contribution in [0.25, 0.3) is 17.1 Å². The van der Waals surface area contributed by atoms with Crippen LogP contribution in [0.5, 0.6) is 0 Å². The van der Waals surface area contributed by atoms with Gasteiger partial charge in [-0.2, -0.15) is 5.26 Å². The fraction of sp³-hybridized carbons (Fsp3) is 0. The van der Waals surface area contributed by atoms with Gasteiger partial charge < -0.3 is 5.73 Å². The van der Waals surface area contributed by atoms with Crippen molar-refractivity contribution in [2.45, 2.75) is 0 Å². The van der Waals surface area contributed by atoms with Crippen LogP contribution in [0.2, 0.25) is 0 Å². The summed E-state index contributed by atoms with van der Waals surface area (Å²) in [5.41, 5.74) is 8.61. The van der Waals surface area contributed by atoms with Gasteiger partial charge in [0.2, 0.25) is 0 Å². The van der Waals surface area contributed by atoms with Crippen LogP contribution in [-0.4, -0.2) is 9.97 Å². The first-order valence-electron chi connectivity index (χ1n) is 4.38. The van der Waals surface area contributed by atoms with Crippen LogP contribution in [0, 0.1) is 11.3 Å². The van der Waals surface area contributed by atoms with Gasteiger partial charge in [-0.1, -0.05) is 0 Å². The largest absolute Gasteiger partial charge is 0.398 e. The molecule has 2 N–H and O–H groups in total. The molecule has 0 atom stereocenters. The Morgan fingerprint density at radius 1 is 1.27 bits per heavy atom. The molecule has 4 heteroatoms. The van der Waals surface area contributed by atoms with Gasteiger partial charge >= 0.3 is 0 Å². The molecule has 0 aliphatic heterocycles. The van der Waals surface area contributed by atoms with Crippen molar-refractivity contribution in [1.29, 1.82) is 5.26 Å². The molecule has 1 heterocycles. The first-order valence-corrected chi connectivity index (χ1v) is 4.38. The van der Waals surface area contributed by atoms with E-state index in [0.29, 0.717) is 11.2 Å². The summed E-state index contributed by atoms with van der Waals surface area (Å²) in [7, 11) is 0. The summed E-state index contributed by atoms with van der Waals surface area (Å²) in [4.78, 5) is 8.35. The third-order valence-electron chi connectivity index (χ3n) is 2.04. The molecule has 0 spiro atoms. The van der Waals surface area contributed by atoms with E-state index in [4.69, 9.17) is 11.0 Å². The molecule has 0 amide bonds. The van der Waals surface area contributed by atoms with E-state index in [1.54, 1.807) is 30.6 Å². The Kier molecular flexibility index (Phi) is 2.30. The number of nitrogen functional groups attached to an aromatic ring is 1. The Morgan fingerprint density at radius 2 is 2.07 bits per heavy atom. The van der Waals surface area contributed by atoms with Crippen molar-refractivity contribution >= 4 is 22.8 Å². The normalized spacial score (nSPS) is 10.6. The lowest BCUT2D eigenvalue weighted by Crippen LogP contribution is -1.93. The van der Waals surface area contributed by atoms with Crippen LogP contribution in [0.1, 0.15) is 5.56 Å². The number of benzene rings is 1. The molecule has 0 aliphatic rings. The lowest BCUT2D eigenvalue weighted by atomic mass is 10.1. The number of nitrogens with two attached hydrogens (primary N) is 1. The average molecular weight is 196 g/mol. The van der Waals surface area contributed by atoms with Gasteiger partial charge in [-0.3, -0.25) is 9.97 Å². The van der Waals surface area contributed by atoms with Gasteiger partial charge in [0.25, 0.3) is 0 Å². The third kappa shape index (κ3) is 1.63. The van der Waals surface area contributed by atoms with E-state index in [2.05, 4.69) is 9.97 Å². The second-order valence-electron chi connectivity index (χ2n) is 2.95. The lowest BCUT2D eigenvalue weighted by molar-refractivity contribution is 1.29.